The minimum absolute atomic E-state index is 0.0170. The molecule has 0 aliphatic heterocycles. The second-order valence-corrected chi connectivity index (χ2v) is 21.2. The molecule has 8 amide bonds. The molecule has 0 fully saturated rings. The van der Waals surface area contributed by atoms with E-state index in [1.54, 1.807) is 74.6 Å². The molecule has 0 saturated heterocycles. The lowest BCUT2D eigenvalue weighted by Crippen LogP contribution is -2.61. The molecule has 4 aromatic rings. The minimum atomic E-state index is -1.71. The van der Waals surface area contributed by atoms with Crippen LogP contribution in [-0.4, -0.2) is 163 Å². The Kier molecular flexibility index (Phi) is 27.4. The lowest BCUT2D eigenvalue weighted by molar-refractivity contribution is -0.143. The van der Waals surface area contributed by atoms with Crippen LogP contribution in [0.25, 0.3) is 10.9 Å². The van der Waals surface area contributed by atoms with Crippen molar-refractivity contribution in [3.8, 4) is 5.75 Å². The number of phenols is 1. The molecule has 0 saturated carbocycles. The molecule has 1 aromatic heterocycles. The highest BCUT2D eigenvalue weighted by Gasteiger charge is 2.36. The molecule has 0 aliphatic rings. The molecule has 18 N–H and O–H groups in total. The van der Waals surface area contributed by atoms with Gasteiger partial charge in [-0.1, -0.05) is 74.5 Å². The monoisotopic (exact) mass is 1190 g/mol. The van der Waals surface area contributed by atoms with Crippen molar-refractivity contribution in [2.24, 2.45) is 17.4 Å². The van der Waals surface area contributed by atoms with E-state index in [1.165, 1.54) is 38.1 Å². The van der Waals surface area contributed by atoms with Crippen molar-refractivity contribution in [2.75, 3.05) is 6.54 Å². The molecule has 3 aromatic carbocycles. The number of carboxylic acids is 3. The number of carboxylic acid groups (broad SMARTS) is 3. The first-order chi connectivity index (χ1) is 40.3. The topological polar surface area (TPSA) is 453 Å². The van der Waals surface area contributed by atoms with E-state index in [0.29, 0.717) is 40.4 Å². The van der Waals surface area contributed by atoms with Gasteiger partial charge >= 0.3 is 17.9 Å². The van der Waals surface area contributed by atoms with Gasteiger partial charge in [0.25, 0.3) is 0 Å². The first-order valence-electron chi connectivity index (χ1n) is 27.9. The lowest BCUT2D eigenvalue weighted by atomic mass is 9.99. The third-order valence-corrected chi connectivity index (χ3v) is 13.7. The summed E-state index contributed by atoms with van der Waals surface area (Å²) in [6, 6.07) is 7.79. The predicted molar refractivity (Wildman–Crippen MR) is 308 cm³/mol. The number of aromatic nitrogens is 1. The van der Waals surface area contributed by atoms with Crippen LogP contribution >= 0.6 is 0 Å². The number of aliphatic hydroxyl groups excluding tert-OH is 1. The van der Waals surface area contributed by atoms with E-state index in [2.05, 4.69) is 47.5 Å². The summed E-state index contributed by atoms with van der Waals surface area (Å²) >= 11 is 0. The molecule has 4 rings (SSSR count). The van der Waals surface area contributed by atoms with Crippen molar-refractivity contribution in [3.63, 3.8) is 0 Å². The number of aliphatic hydroxyl groups is 1. The Bertz CT molecular complexity index is 2940. The standard InChI is InChI=1S/C58H79N11O16/c1-31(2)26-43(66-55(81)44(27-35-17-19-37(71)20-18-35)67-53(79)42(22-24-48(74)75)63-51(77)39(60)21-23-47(72)73)54(80)64-41(16-10-11-25-59)52(78)62-32(3)50(76)65-45(29-36-30-61-40-15-9-8-14-38(36)40)56(82)69-49(33(4)70)57(83)68-46(58(84)85)28-34-12-6-5-7-13-34/h5-9,12-15,17-20,30-33,39,41-46,49,61,70-71H,10-11,16,21-29,59-60H2,1-4H3,(H,62,78)(H,63,77)(H,64,80)(H,65,76)(H,66,81)(H,67,79)(H,68,83)(H,69,82)(H,72,73)(H,74,75)(H,84,85)/t32-,33+,39-,41-,42-,43-,44-,45-,46-,49-/m0/s1. The summed E-state index contributed by atoms with van der Waals surface area (Å²) in [7, 11) is 0. The maximum Gasteiger partial charge on any atom is 0.326 e. The van der Waals surface area contributed by atoms with Crippen LogP contribution in [0.15, 0.2) is 85.1 Å². The molecule has 27 heteroatoms. The first-order valence-corrected chi connectivity index (χ1v) is 27.9. The fourth-order valence-electron chi connectivity index (χ4n) is 8.96. The van der Waals surface area contributed by atoms with E-state index >= 15 is 0 Å². The SMILES string of the molecule is CC(C)C[C@H](NC(=O)[C@H](Cc1ccc(O)cc1)NC(=O)[C@H](CCC(=O)O)NC(=O)[C@@H](N)CCC(=O)O)C(=O)N[C@@H](CCCCN)C(=O)N[C@@H](C)C(=O)N[C@@H](Cc1c[nH]c2ccccc12)C(=O)N[C@H](C(=O)N[C@@H](Cc1ccccc1)C(=O)O)[C@@H](C)O. The van der Waals surface area contributed by atoms with Crippen LogP contribution < -0.4 is 54.0 Å². The predicted octanol–water partition coefficient (Wildman–Crippen LogP) is -0.503. The van der Waals surface area contributed by atoms with Crippen LogP contribution in [0, 0.1) is 5.92 Å². The van der Waals surface area contributed by atoms with Crippen molar-refractivity contribution in [2.45, 2.75) is 159 Å². The zero-order valence-electron chi connectivity index (χ0n) is 47.8. The van der Waals surface area contributed by atoms with Crippen molar-refractivity contribution < 1.29 is 78.3 Å². The summed E-state index contributed by atoms with van der Waals surface area (Å²) in [5.74, 6) is -11.9. The summed E-state index contributed by atoms with van der Waals surface area (Å²) in [4.78, 5) is 150. The fourth-order valence-corrected chi connectivity index (χ4v) is 8.96. The van der Waals surface area contributed by atoms with Gasteiger partial charge in [-0.15, -0.1) is 0 Å². The zero-order valence-corrected chi connectivity index (χ0v) is 47.8. The Labute approximate surface area is 490 Å². The van der Waals surface area contributed by atoms with Crippen LogP contribution in [0.4, 0.5) is 0 Å². The molecule has 0 bridgehead atoms. The molecular formula is C58H79N11O16. The van der Waals surface area contributed by atoms with Gasteiger partial charge in [-0.05, 0) is 99.7 Å². The molecule has 0 spiro atoms. The molecule has 1 heterocycles. The number of benzene rings is 3. The number of nitrogens with one attached hydrogen (secondary N) is 9. The average molecular weight is 1190 g/mol. The number of carbonyl (C=O) groups is 11. The number of hydrogen-bond donors (Lipinski definition) is 16. The molecular weight excluding hydrogens is 1110 g/mol. The number of H-pyrrole nitrogens is 1. The maximum absolute atomic E-state index is 14.4. The number of nitrogens with two attached hydrogens (primary N) is 2. The van der Waals surface area contributed by atoms with E-state index in [9.17, 15) is 73.2 Å². The Morgan fingerprint density at radius 3 is 1.62 bits per heavy atom. The first kappa shape index (κ1) is 68.5. The number of phenolic OH excluding ortho intramolecular Hbond substituents is 1. The van der Waals surface area contributed by atoms with Gasteiger partial charge in [-0.25, -0.2) is 4.79 Å². The number of carbonyl (C=O) groups excluding carboxylic acids is 8. The number of fused-ring (bicyclic) bond motifs is 1. The summed E-state index contributed by atoms with van der Waals surface area (Å²) in [6.07, 6.45) is -1.75. The third-order valence-electron chi connectivity index (χ3n) is 13.7. The van der Waals surface area contributed by atoms with Gasteiger partial charge in [0, 0.05) is 49.2 Å². The summed E-state index contributed by atoms with van der Waals surface area (Å²) in [6.45, 7) is 6.23. The van der Waals surface area contributed by atoms with Crippen molar-refractivity contribution in [1.82, 2.24) is 47.5 Å². The summed E-state index contributed by atoms with van der Waals surface area (Å²) < 4.78 is 0. The van der Waals surface area contributed by atoms with Crippen molar-refractivity contribution in [3.05, 3.63) is 102 Å². The number of aromatic amines is 1. The molecule has 0 aliphatic carbocycles. The summed E-state index contributed by atoms with van der Waals surface area (Å²) in [5.41, 5.74) is 13.9. The van der Waals surface area contributed by atoms with Crippen molar-refractivity contribution in [1.29, 1.82) is 0 Å². The number of aromatic hydroxyl groups is 1. The number of amides is 8. The Balaban J connectivity index is 1.57. The quantitative estimate of drug-likeness (QED) is 0.0255. The second kappa shape index (κ2) is 34.0. The van der Waals surface area contributed by atoms with E-state index in [4.69, 9.17) is 16.6 Å². The van der Waals surface area contributed by atoms with Gasteiger partial charge < -0.3 is 84.5 Å². The van der Waals surface area contributed by atoms with Gasteiger partial charge in [-0.2, -0.15) is 0 Å². The van der Waals surface area contributed by atoms with E-state index in [0.717, 1.165) is 0 Å². The zero-order chi connectivity index (χ0) is 62.9. The molecule has 0 radical (unpaired) electrons. The number of unbranched alkanes of at least 4 members (excludes halogenated alkanes) is 1. The van der Waals surface area contributed by atoms with Gasteiger partial charge in [0.05, 0.1) is 12.1 Å². The van der Waals surface area contributed by atoms with Crippen LogP contribution in [0.5, 0.6) is 5.75 Å². The largest absolute Gasteiger partial charge is 0.508 e. The second-order valence-electron chi connectivity index (χ2n) is 21.2. The number of rotatable bonds is 36. The van der Waals surface area contributed by atoms with Crippen LogP contribution in [-0.2, 0) is 72.0 Å². The third kappa shape index (κ3) is 23.0. The smallest absolute Gasteiger partial charge is 0.326 e. The summed E-state index contributed by atoms with van der Waals surface area (Å²) in [5, 5.41) is 70.1. The molecule has 85 heavy (non-hydrogen) atoms. The molecule has 0 unspecified atom stereocenters. The van der Waals surface area contributed by atoms with Crippen LogP contribution in [0.3, 0.4) is 0 Å². The Morgan fingerprint density at radius 1 is 0.506 bits per heavy atom. The fraction of sp³-hybridized carbons (Fsp3) is 0.466. The molecule has 10 atom stereocenters. The molecule has 27 nitrogen and oxygen atoms in total. The van der Waals surface area contributed by atoms with Gasteiger partial charge in [0.2, 0.25) is 47.3 Å². The highest BCUT2D eigenvalue weighted by molar-refractivity contribution is 5.98. The lowest BCUT2D eigenvalue weighted by Gasteiger charge is -2.28. The van der Waals surface area contributed by atoms with E-state index in [1.807, 2.05) is 0 Å². The number of para-hydroxylation sites is 1. The highest BCUT2D eigenvalue weighted by Crippen LogP contribution is 2.20. The van der Waals surface area contributed by atoms with Gasteiger partial charge in [-0.3, -0.25) is 47.9 Å². The van der Waals surface area contributed by atoms with Crippen LogP contribution in [0.2, 0.25) is 0 Å². The Hall–Kier alpha value is -8.95. The van der Waals surface area contributed by atoms with E-state index < -0.39 is 145 Å². The maximum atomic E-state index is 14.4. The van der Waals surface area contributed by atoms with Gasteiger partial charge in [0.15, 0.2) is 0 Å². The normalized spacial score (nSPS) is 14.7. The van der Waals surface area contributed by atoms with Crippen LogP contribution in [0.1, 0.15) is 95.8 Å². The number of aliphatic carboxylic acids is 3. The van der Waals surface area contributed by atoms with Gasteiger partial charge in [0.1, 0.15) is 54.1 Å². The van der Waals surface area contributed by atoms with E-state index in [-0.39, 0.29) is 56.7 Å². The highest BCUT2D eigenvalue weighted by atomic mass is 16.4. The minimum Gasteiger partial charge on any atom is -0.508 e. The average Bonchev–Trinajstić information content (AvgIpc) is 4.13. The molecule has 462 valence electrons. The van der Waals surface area contributed by atoms with Crippen molar-refractivity contribution >= 4 is 76.1 Å². The Morgan fingerprint density at radius 2 is 1.00 bits per heavy atom. The number of hydrogen-bond acceptors (Lipinski definition) is 15.